The molecule has 1 heterocycles. The van der Waals surface area contributed by atoms with Crippen LogP contribution in [0.2, 0.25) is 0 Å². The fourth-order valence-corrected chi connectivity index (χ4v) is 7.09. The van der Waals surface area contributed by atoms with Gasteiger partial charge in [-0.2, -0.15) is 4.31 Å². The van der Waals surface area contributed by atoms with Gasteiger partial charge in [0.2, 0.25) is 21.9 Å². The van der Waals surface area contributed by atoms with Crippen molar-refractivity contribution in [1.82, 2.24) is 9.21 Å². The van der Waals surface area contributed by atoms with Crippen LogP contribution in [0, 0.1) is 5.82 Å². The maximum atomic E-state index is 14.8. The van der Waals surface area contributed by atoms with Gasteiger partial charge in [-0.05, 0) is 55.4 Å². The molecule has 0 spiro atoms. The SMILES string of the molecule is CC(C)c1ccc(S(=O)(=O)N2CCC[C@H]2C(=O)N(C)C2CCC(F)(F)CC2)c(-c2ccccc2F)c1. The first-order valence-corrected chi connectivity index (χ1v) is 13.9. The Labute approximate surface area is 211 Å². The van der Waals surface area contributed by atoms with Crippen LogP contribution in [0.1, 0.15) is 63.9 Å². The van der Waals surface area contributed by atoms with Crippen LogP contribution in [0.15, 0.2) is 47.4 Å². The van der Waals surface area contributed by atoms with E-state index in [1.807, 2.05) is 13.8 Å². The normalized spacial score (nSPS) is 21.1. The molecule has 2 aromatic rings. The first-order valence-electron chi connectivity index (χ1n) is 12.5. The Morgan fingerprint density at radius 2 is 1.72 bits per heavy atom. The van der Waals surface area contributed by atoms with Crippen molar-refractivity contribution in [2.45, 2.75) is 81.2 Å². The molecular formula is C27H33F3N2O3S. The number of halogens is 3. The van der Waals surface area contributed by atoms with Gasteiger partial charge < -0.3 is 4.90 Å². The van der Waals surface area contributed by atoms with Gasteiger partial charge >= 0.3 is 0 Å². The molecule has 0 aromatic heterocycles. The summed E-state index contributed by atoms with van der Waals surface area (Å²) in [7, 11) is -2.58. The van der Waals surface area contributed by atoms with Crippen molar-refractivity contribution in [2.24, 2.45) is 0 Å². The van der Waals surface area contributed by atoms with E-state index in [1.54, 1.807) is 37.4 Å². The zero-order chi connectivity index (χ0) is 26.3. The van der Waals surface area contributed by atoms with E-state index in [4.69, 9.17) is 0 Å². The highest BCUT2D eigenvalue weighted by molar-refractivity contribution is 7.89. The summed E-state index contributed by atoms with van der Waals surface area (Å²) in [6.07, 6.45) is 0.660. The van der Waals surface area contributed by atoms with Gasteiger partial charge in [0.05, 0.1) is 4.90 Å². The van der Waals surface area contributed by atoms with Crippen LogP contribution >= 0.6 is 0 Å². The predicted octanol–water partition coefficient (Wildman–Crippen LogP) is 5.81. The third kappa shape index (κ3) is 5.18. The van der Waals surface area contributed by atoms with Crippen molar-refractivity contribution in [3.8, 4) is 11.1 Å². The topological polar surface area (TPSA) is 57.7 Å². The fraction of sp³-hybridized carbons (Fsp3) is 0.519. The molecular weight excluding hydrogens is 489 g/mol. The van der Waals surface area contributed by atoms with Gasteiger partial charge in [0.25, 0.3) is 0 Å². The Hall–Kier alpha value is -2.39. The molecule has 0 bridgehead atoms. The molecule has 1 aliphatic heterocycles. The Morgan fingerprint density at radius 3 is 2.36 bits per heavy atom. The average Bonchev–Trinajstić information content (AvgIpc) is 3.34. The molecule has 2 aromatic carbocycles. The number of alkyl halides is 2. The van der Waals surface area contributed by atoms with E-state index < -0.39 is 27.8 Å². The lowest BCUT2D eigenvalue weighted by atomic mass is 9.91. The van der Waals surface area contributed by atoms with Gasteiger partial charge in [-0.1, -0.05) is 38.1 Å². The Morgan fingerprint density at radius 1 is 1.06 bits per heavy atom. The number of amides is 1. The number of benzene rings is 2. The number of likely N-dealkylation sites (N-methyl/N-ethyl adjacent to an activating group) is 1. The summed E-state index contributed by atoms with van der Waals surface area (Å²) in [6, 6.07) is 9.71. The first kappa shape index (κ1) is 26.7. The molecule has 0 N–H and O–H groups in total. The van der Waals surface area contributed by atoms with E-state index >= 15 is 0 Å². The molecule has 1 amide bonds. The van der Waals surface area contributed by atoms with Gasteiger partial charge in [0.15, 0.2) is 0 Å². The highest BCUT2D eigenvalue weighted by Crippen LogP contribution is 2.38. The van der Waals surface area contributed by atoms with E-state index in [2.05, 4.69) is 0 Å². The van der Waals surface area contributed by atoms with E-state index in [0.29, 0.717) is 12.8 Å². The van der Waals surface area contributed by atoms with Crippen molar-refractivity contribution >= 4 is 15.9 Å². The van der Waals surface area contributed by atoms with E-state index in [-0.39, 0.29) is 66.1 Å². The Balaban J connectivity index is 1.67. The highest BCUT2D eigenvalue weighted by Gasteiger charge is 2.44. The van der Waals surface area contributed by atoms with Crippen LogP contribution in [0.4, 0.5) is 13.2 Å². The zero-order valence-corrected chi connectivity index (χ0v) is 21.7. The number of rotatable bonds is 6. The lowest BCUT2D eigenvalue weighted by Gasteiger charge is -2.37. The van der Waals surface area contributed by atoms with Crippen LogP contribution < -0.4 is 0 Å². The predicted molar refractivity (Wildman–Crippen MR) is 133 cm³/mol. The van der Waals surface area contributed by atoms with Crippen molar-refractivity contribution in [3.63, 3.8) is 0 Å². The third-order valence-electron chi connectivity index (χ3n) is 7.49. The van der Waals surface area contributed by atoms with Crippen LogP contribution in [-0.2, 0) is 14.8 Å². The Kier molecular flexibility index (Phi) is 7.53. The van der Waals surface area contributed by atoms with Gasteiger partial charge in [-0.3, -0.25) is 4.79 Å². The summed E-state index contributed by atoms with van der Waals surface area (Å²) >= 11 is 0. The number of carbonyl (C=O) groups is 1. The molecule has 1 atom stereocenters. The van der Waals surface area contributed by atoms with Crippen LogP contribution in [-0.4, -0.2) is 55.1 Å². The number of carbonyl (C=O) groups excluding carboxylic acids is 1. The summed E-state index contributed by atoms with van der Waals surface area (Å²) in [5.41, 5.74) is 1.32. The monoisotopic (exact) mass is 522 g/mol. The first-order chi connectivity index (χ1) is 16.9. The highest BCUT2D eigenvalue weighted by atomic mass is 32.2. The van der Waals surface area contributed by atoms with Gasteiger partial charge in [-0.15, -0.1) is 0 Å². The third-order valence-corrected chi connectivity index (χ3v) is 9.46. The van der Waals surface area contributed by atoms with Crippen molar-refractivity contribution in [3.05, 3.63) is 53.8 Å². The molecule has 2 fully saturated rings. The molecule has 0 radical (unpaired) electrons. The largest absolute Gasteiger partial charge is 0.341 e. The van der Waals surface area contributed by atoms with E-state index in [9.17, 15) is 26.4 Å². The van der Waals surface area contributed by atoms with E-state index in [1.165, 1.54) is 21.3 Å². The smallest absolute Gasteiger partial charge is 0.248 e. The summed E-state index contributed by atoms with van der Waals surface area (Å²) in [5.74, 6) is -3.52. The van der Waals surface area contributed by atoms with Gasteiger partial charge in [0, 0.05) is 43.6 Å². The minimum absolute atomic E-state index is 0.0448. The maximum Gasteiger partial charge on any atom is 0.248 e. The number of sulfonamides is 1. The van der Waals surface area contributed by atoms with Gasteiger partial charge in [-0.25, -0.2) is 21.6 Å². The second-order valence-electron chi connectivity index (χ2n) is 10.2. The number of hydrogen-bond donors (Lipinski definition) is 0. The van der Waals surface area contributed by atoms with Crippen LogP contribution in [0.3, 0.4) is 0 Å². The summed E-state index contributed by atoms with van der Waals surface area (Å²) in [6.45, 7) is 4.11. The molecule has 1 saturated heterocycles. The average molecular weight is 523 g/mol. The summed E-state index contributed by atoms with van der Waals surface area (Å²) in [5, 5.41) is 0. The quantitative estimate of drug-likeness (QED) is 0.482. The fourth-order valence-electron chi connectivity index (χ4n) is 5.25. The lowest BCUT2D eigenvalue weighted by Crippen LogP contribution is -2.50. The minimum Gasteiger partial charge on any atom is -0.341 e. The second-order valence-corrected chi connectivity index (χ2v) is 12.1. The minimum atomic E-state index is -4.15. The van der Waals surface area contributed by atoms with Crippen molar-refractivity contribution < 1.29 is 26.4 Å². The summed E-state index contributed by atoms with van der Waals surface area (Å²) in [4.78, 5) is 14.8. The maximum absolute atomic E-state index is 14.8. The summed E-state index contributed by atoms with van der Waals surface area (Å²) < 4.78 is 71.1. The molecule has 36 heavy (non-hydrogen) atoms. The zero-order valence-electron chi connectivity index (χ0n) is 20.9. The second kappa shape index (κ2) is 10.2. The standard InChI is InChI=1S/C27H33F3N2O3S/c1-18(2)19-10-11-25(22(17-19)21-7-4-5-8-23(21)28)36(34,35)32-16-6-9-24(32)26(33)31(3)20-12-14-27(29,30)15-13-20/h4-5,7-8,10-11,17-18,20,24H,6,9,12-16H2,1-3H3/t24-/m0/s1. The molecule has 1 saturated carbocycles. The number of hydrogen-bond acceptors (Lipinski definition) is 3. The lowest BCUT2D eigenvalue weighted by molar-refractivity contribution is -0.138. The van der Waals surface area contributed by atoms with Crippen LogP contribution in [0.25, 0.3) is 11.1 Å². The molecule has 0 unspecified atom stereocenters. The van der Waals surface area contributed by atoms with Crippen LogP contribution in [0.5, 0.6) is 0 Å². The van der Waals surface area contributed by atoms with Crippen molar-refractivity contribution in [1.29, 1.82) is 0 Å². The molecule has 196 valence electrons. The molecule has 4 rings (SSSR count). The number of nitrogens with zero attached hydrogens (tertiary/aromatic N) is 2. The van der Waals surface area contributed by atoms with Crippen molar-refractivity contribution in [2.75, 3.05) is 13.6 Å². The molecule has 9 heteroatoms. The van der Waals surface area contributed by atoms with Gasteiger partial charge in [0.1, 0.15) is 11.9 Å². The molecule has 1 aliphatic carbocycles. The molecule has 5 nitrogen and oxygen atoms in total. The molecule has 2 aliphatic rings. The van der Waals surface area contributed by atoms with E-state index in [0.717, 1.165) is 5.56 Å². The Bertz CT molecular complexity index is 1220.